The Morgan fingerprint density at radius 1 is 0.808 bits per heavy atom. The Morgan fingerprint density at radius 2 is 1.31 bits per heavy atom. The normalized spacial score (nSPS) is 12.7. The summed E-state index contributed by atoms with van der Waals surface area (Å²) in [7, 11) is 0. The van der Waals surface area contributed by atoms with E-state index in [1.165, 1.54) is 38.5 Å². The van der Waals surface area contributed by atoms with E-state index in [2.05, 4.69) is 34.6 Å². The molecule has 154 valence electrons. The summed E-state index contributed by atoms with van der Waals surface area (Å²) in [5.74, 6) is -0.282. The Balaban J connectivity index is 3.54. The number of ether oxygens (including phenoxy) is 2. The smallest absolute Gasteiger partial charge is 0.306 e. The van der Waals surface area contributed by atoms with Crippen molar-refractivity contribution in [3.05, 3.63) is 0 Å². The molecule has 0 aromatic heterocycles. The van der Waals surface area contributed by atoms with Gasteiger partial charge in [-0.15, -0.1) is 0 Å². The zero-order valence-corrected chi connectivity index (χ0v) is 17.9. The van der Waals surface area contributed by atoms with Gasteiger partial charge < -0.3 is 9.47 Å². The maximum Gasteiger partial charge on any atom is 0.306 e. The number of hydrogen-bond acceptors (Lipinski definition) is 4. The highest BCUT2D eigenvalue weighted by atomic mass is 16.5. The lowest BCUT2D eigenvalue weighted by Gasteiger charge is -2.22. The van der Waals surface area contributed by atoms with E-state index in [4.69, 9.17) is 9.47 Å². The van der Waals surface area contributed by atoms with Gasteiger partial charge in [0.15, 0.2) is 0 Å². The second-order valence-electron chi connectivity index (χ2n) is 8.75. The topological polar surface area (TPSA) is 52.6 Å². The van der Waals surface area contributed by atoms with Gasteiger partial charge in [-0.3, -0.25) is 9.59 Å². The molecule has 0 aromatic rings. The molecule has 1 atom stereocenters. The second kappa shape index (κ2) is 15.0. The van der Waals surface area contributed by atoms with E-state index in [9.17, 15) is 9.59 Å². The third kappa shape index (κ3) is 17.8. The number of carbonyl (C=O) groups is 2. The molecular formula is C22H42O4. The summed E-state index contributed by atoms with van der Waals surface area (Å²) in [4.78, 5) is 23.4. The zero-order chi connectivity index (χ0) is 19.8. The van der Waals surface area contributed by atoms with Crippen LogP contribution in [0.4, 0.5) is 0 Å². The van der Waals surface area contributed by atoms with Gasteiger partial charge in [0.05, 0.1) is 26.1 Å². The van der Waals surface area contributed by atoms with Gasteiger partial charge in [-0.05, 0) is 24.2 Å². The fourth-order valence-corrected chi connectivity index (χ4v) is 3.11. The molecule has 0 saturated heterocycles. The molecule has 0 saturated carbocycles. The molecule has 0 amide bonds. The lowest BCUT2D eigenvalue weighted by atomic mass is 9.86. The molecule has 0 radical (unpaired) electrons. The number of carbonyl (C=O) groups excluding carboxylic acids is 2. The van der Waals surface area contributed by atoms with Gasteiger partial charge in [-0.25, -0.2) is 0 Å². The predicted octanol–water partition coefficient (Wildman–Crippen LogP) is 6.07. The zero-order valence-electron chi connectivity index (χ0n) is 17.9. The summed E-state index contributed by atoms with van der Waals surface area (Å²) >= 11 is 0. The van der Waals surface area contributed by atoms with Gasteiger partial charge in [0.2, 0.25) is 0 Å². The van der Waals surface area contributed by atoms with Crippen LogP contribution >= 0.6 is 0 Å². The maximum atomic E-state index is 11.7. The molecule has 0 heterocycles. The van der Waals surface area contributed by atoms with Crippen molar-refractivity contribution in [2.24, 2.45) is 11.3 Å². The average molecular weight is 371 g/mol. The van der Waals surface area contributed by atoms with Crippen molar-refractivity contribution in [2.75, 3.05) is 13.2 Å². The molecule has 0 rings (SSSR count). The third-order valence-corrected chi connectivity index (χ3v) is 4.28. The van der Waals surface area contributed by atoms with Crippen LogP contribution in [-0.4, -0.2) is 25.2 Å². The fourth-order valence-electron chi connectivity index (χ4n) is 3.11. The van der Waals surface area contributed by atoms with Gasteiger partial charge >= 0.3 is 11.9 Å². The summed E-state index contributed by atoms with van der Waals surface area (Å²) in [6.45, 7) is 11.7. The monoisotopic (exact) mass is 370 g/mol. The Bertz CT molecular complexity index is 371. The maximum absolute atomic E-state index is 11.7. The van der Waals surface area contributed by atoms with Crippen LogP contribution < -0.4 is 0 Å². The Kier molecular flexibility index (Phi) is 14.4. The third-order valence-electron chi connectivity index (χ3n) is 4.28. The number of hydrogen-bond donors (Lipinski definition) is 0. The van der Waals surface area contributed by atoms with Gasteiger partial charge in [-0.1, -0.05) is 79.6 Å². The number of rotatable bonds is 15. The van der Waals surface area contributed by atoms with E-state index < -0.39 is 0 Å². The Morgan fingerprint density at radius 3 is 1.85 bits per heavy atom. The largest absolute Gasteiger partial charge is 0.466 e. The predicted molar refractivity (Wildman–Crippen MR) is 107 cm³/mol. The SMILES string of the molecule is CCCCCCCCCCOC(=O)CCC(=O)OCC(C)CC(C)(C)C. The van der Waals surface area contributed by atoms with Crippen molar-refractivity contribution >= 4 is 11.9 Å². The van der Waals surface area contributed by atoms with Crippen molar-refractivity contribution < 1.29 is 19.1 Å². The average Bonchev–Trinajstić information content (AvgIpc) is 2.55. The summed E-state index contributed by atoms with van der Waals surface area (Å²) in [6.07, 6.45) is 11.0. The van der Waals surface area contributed by atoms with Crippen molar-refractivity contribution in [1.82, 2.24) is 0 Å². The molecule has 4 nitrogen and oxygen atoms in total. The molecule has 0 bridgehead atoms. The molecule has 4 heteroatoms. The summed E-state index contributed by atoms with van der Waals surface area (Å²) in [5, 5.41) is 0. The number of esters is 2. The van der Waals surface area contributed by atoms with Gasteiger partial charge in [0, 0.05) is 0 Å². The first-order valence-electron chi connectivity index (χ1n) is 10.6. The first kappa shape index (κ1) is 24.9. The standard InChI is InChI=1S/C22H42O4/c1-6-7-8-9-10-11-12-13-16-25-20(23)14-15-21(24)26-18-19(2)17-22(3,4)5/h19H,6-18H2,1-5H3. The van der Waals surface area contributed by atoms with Crippen LogP contribution in [0.2, 0.25) is 0 Å². The second-order valence-corrected chi connectivity index (χ2v) is 8.75. The molecule has 0 aliphatic heterocycles. The van der Waals surface area contributed by atoms with Crippen LogP contribution in [0.5, 0.6) is 0 Å². The van der Waals surface area contributed by atoms with E-state index in [1.807, 2.05) is 0 Å². The van der Waals surface area contributed by atoms with Gasteiger partial charge in [0.25, 0.3) is 0 Å². The lowest BCUT2D eigenvalue weighted by molar-refractivity contribution is -0.151. The van der Waals surface area contributed by atoms with Crippen LogP contribution in [-0.2, 0) is 19.1 Å². The molecule has 0 aliphatic carbocycles. The van der Waals surface area contributed by atoms with E-state index in [-0.39, 0.29) is 30.2 Å². The first-order chi connectivity index (χ1) is 12.2. The summed E-state index contributed by atoms with van der Waals surface area (Å²) in [6, 6.07) is 0. The van der Waals surface area contributed by atoms with E-state index in [1.54, 1.807) is 0 Å². The van der Waals surface area contributed by atoms with E-state index >= 15 is 0 Å². The molecule has 0 aliphatic rings. The van der Waals surface area contributed by atoms with Crippen molar-refractivity contribution in [2.45, 2.75) is 105 Å². The number of unbranched alkanes of at least 4 members (excludes halogenated alkanes) is 7. The van der Waals surface area contributed by atoms with Crippen LogP contribution in [0.3, 0.4) is 0 Å². The minimum atomic E-state index is -0.310. The van der Waals surface area contributed by atoms with Crippen LogP contribution in [0.15, 0.2) is 0 Å². The van der Waals surface area contributed by atoms with Crippen LogP contribution in [0.1, 0.15) is 105 Å². The minimum Gasteiger partial charge on any atom is -0.466 e. The van der Waals surface area contributed by atoms with Crippen molar-refractivity contribution in [3.63, 3.8) is 0 Å². The molecule has 0 spiro atoms. The Hall–Kier alpha value is -1.06. The minimum absolute atomic E-state index is 0.110. The molecule has 0 aromatic carbocycles. The highest BCUT2D eigenvalue weighted by molar-refractivity contribution is 5.77. The van der Waals surface area contributed by atoms with Gasteiger partial charge in [-0.2, -0.15) is 0 Å². The molecule has 1 unspecified atom stereocenters. The van der Waals surface area contributed by atoms with Crippen molar-refractivity contribution in [3.8, 4) is 0 Å². The van der Waals surface area contributed by atoms with E-state index in [0.29, 0.717) is 19.1 Å². The van der Waals surface area contributed by atoms with E-state index in [0.717, 1.165) is 19.3 Å². The van der Waals surface area contributed by atoms with Crippen LogP contribution in [0, 0.1) is 11.3 Å². The first-order valence-corrected chi connectivity index (χ1v) is 10.6. The highest BCUT2D eigenvalue weighted by Crippen LogP contribution is 2.24. The molecule has 0 N–H and O–H groups in total. The quantitative estimate of drug-likeness (QED) is 0.259. The fraction of sp³-hybridized carbons (Fsp3) is 0.909. The Labute approximate surface area is 161 Å². The molecule has 26 heavy (non-hydrogen) atoms. The summed E-state index contributed by atoms with van der Waals surface area (Å²) < 4.78 is 10.4. The molecule has 0 fully saturated rings. The van der Waals surface area contributed by atoms with Gasteiger partial charge in [0.1, 0.15) is 0 Å². The molecular weight excluding hydrogens is 328 g/mol. The summed E-state index contributed by atoms with van der Waals surface area (Å²) in [5.41, 5.74) is 0.227. The highest BCUT2D eigenvalue weighted by Gasteiger charge is 2.17. The van der Waals surface area contributed by atoms with Crippen LogP contribution in [0.25, 0.3) is 0 Å². The lowest BCUT2D eigenvalue weighted by Crippen LogP contribution is -2.18. The van der Waals surface area contributed by atoms with Crippen molar-refractivity contribution in [1.29, 1.82) is 0 Å².